The summed E-state index contributed by atoms with van der Waals surface area (Å²) in [5.41, 5.74) is 8.75. The number of hydrogen-bond acceptors (Lipinski definition) is 2. The van der Waals surface area contributed by atoms with Crippen LogP contribution in [0.3, 0.4) is 0 Å². The topological polar surface area (TPSA) is 46.3 Å². The molecule has 1 aromatic rings. The van der Waals surface area contributed by atoms with Gasteiger partial charge in [-0.2, -0.15) is 0 Å². The SMILES string of the molecule is CCN(C(=O)CCN)c1ccc(C)cc1C. The van der Waals surface area contributed by atoms with Gasteiger partial charge in [0, 0.05) is 25.2 Å². The maximum Gasteiger partial charge on any atom is 0.228 e. The van der Waals surface area contributed by atoms with Crippen LogP contribution in [-0.4, -0.2) is 19.0 Å². The lowest BCUT2D eigenvalue weighted by Crippen LogP contribution is -2.32. The van der Waals surface area contributed by atoms with Crippen LogP contribution in [0, 0.1) is 13.8 Å². The van der Waals surface area contributed by atoms with E-state index in [4.69, 9.17) is 5.73 Å². The fourth-order valence-electron chi connectivity index (χ4n) is 1.85. The first-order valence-electron chi connectivity index (χ1n) is 5.67. The van der Waals surface area contributed by atoms with Gasteiger partial charge in [0.15, 0.2) is 0 Å². The largest absolute Gasteiger partial charge is 0.330 e. The van der Waals surface area contributed by atoms with Crippen molar-refractivity contribution in [1.29, 1.82) is 0 Å². The van der Waals surface area contributed by atoms with Crippen LogP contribution in [0.1, 0.15) is 24.5 Å². The zero-order valence-electron chi connectivity index (χ0n) is 10.3. The summed E-state index contributed by atoms with van der Waals surface area (Å²) in [6.45, 7) is 7.15. The Morgan fingerprint density at radius 2 is 2.06 bits per heavy atom. The standard InChI is InChI=1S/C13H20N2O/c1-4-15(13(16)7-8-14)12-6-5-10(2)9-11(12)3/h5-6,9H,4,7-8,14H2,1-3H3. The number of carbonyl (C=O) groups is 1. The molecular weight excluding hydrogens is 200 g/mol. The van der Waals surface area contributed by atoms with Crippen LogP contribution >= 0.6 is 0 Å². The number of amides is 1. The molecule has 16 heavy (non-hydrogen) atoms. The third kappa shape index (κ3) is 2.83. The van der Waals surface area contributed by atoms with Crippen molar-refractivity contribution < 1.29 is 4.79 Å². The lowest BCUT2D eigenvalue weighted by atomic mass is 10.1. The zero-order chi connectivity index (χ0) is 12.1. The van der Waals surface area contributed by atoms with E-state index in [1.54, 1.807) is 4.90 Å². The molecule has 0 aliphatic carbocycles. The monoisotopic (exact) mass is 220 g/mol. The molecule has 0 spiro atoms. The van der Waals surface area contributed by atoms with E-state index in [9.17, 15) is 4.79 Å². The minimum Gasteiger partial charge on any atom is -0.330 e. The van der Waals surface area contributed by atoms with Gasteiger partial charge in [0.1, 0.15) is 0 Å². The number of hydrogen-bond donors (Lipinski definition) is 1. The summed E-state index contributed by atoms with van der Waals surface area (Å²) in [4.78, 5) is 13.7. The molecule has 1 amide bonds. The number of nitrogens with two attached hydrogens (primary N) is 1. The van der Waals surface area contributed by atoms with Crippen molar-refractivity contribution >= 4 is 11.6 Å². The number of carbonyl (C=O) groups excluding carboxylic acids is 1. The predicted molar refractivity (Wildman–Crippen MR) is 67.6 cm³/mol. The van der Waals surface area contributed by atoms with Gasteiger partial charge in [0.05, 0.1) is 0 Å². The second kappa shape index (κ2) is 5.66. The second-order valence-electron chi connectivity index (χ2n) is 3.97. The van der Waals surface area contributed by atoms with Gasteiger partial charge >= 0.3 is 0 Å². The normalized spacial score (nSPS) is 10.2. The molecular formula is C13H20N2O. The smallest absolute Gasteiger partial charge is 0.228 e. The van der Waals surface area contributed by atoms with Gasteiger partial charge in [0.25, 0.3) is 0 Å². The Bertz CT molecular complexity index is 374. The van der Waals surface area contributed by atoms with Crippen molar-refractivity contribution in [1.82, 2.24) is 0 Å². The van der Waals surface area contributed by atoms with Gasteiger partial charge in [0.2, 0.25) is 5.91 Å². The molecule has 3 heteroatoms. The van der Waals surface area contributed by atoms with E-state index >= 15 is 0 Å². The summed E-state index contributed by atoms with van der Waals surface area (Å²) < 4.78 is 0. The van der Waals surface area contributed by atoms with Crippen LogP contribution in [0.15, 0.2) is 18.2 Å². The second-order valence-corrected chi connectivity index (χ2v) is 3.97. The quantitative estimate of drug-likeness (QED) is 0.843. The molecule has 3 nitrogen and oxygen atoms in total. The molecule has 0 aliphatic heterocycles. The molecule has 0 fully saturated rings. The summed E-state index contributed by atoms with van der Waals surface area (Å²) in [5, 5.41) is 0. The van der Waals surface area contributed by atoms with E-state index in [1.165, 1.54) is 5.56 Å². The number of aryl methyl sites for hydroxylation is 2. The van der Waals surface area contributed by atoms with Crippen LogP contribution in [-0.2, 0) is 4.79 Å². The van der Waals surface area contributed by atoms with Crippen LogP contribution in [0.4, 0.5) is 5.69 Å². The third-order valence-electron chi connectivity index (χ3n) is 2.62. The van der Waals surface area contributed by atoms with Crippen LogP contribution < -0.4 is 10.6 Å². The van der Waals surface area contributed by atoms with Gasteiger partial charge in [-0.05, 0) is 32.4 Å². The van der Waals surface area contributed by atoms with Gasteiger partial charge in [-0.15, -0.1) is 0 Å². The first-order chi connectivity index (χ1) is 7.60. The Labute approximate surface area is 97.2 Å². The highest BCUT2D eigenvalue weighted by atomic mass is 16.2. The highest BCUT2D eigenvalue weighted by Crippen LogP contribution is 2.21. The highest BCUT2D eigenvalue weighted by Gasteiger charge is 2.14. The first-order valence-corrected chi connectivity index (χ1v) is 5.67. The van der Waals surface area contributed by atoms with E-state index in [1.807, 2.05) is 26.0 Å². The molecule has 88 valence electrons. The lowest BCUT2D eigenvalue weighted by molar-refractivity contribution is -0.118. The number of rotatable bonds is 4. The highest BCUT2D eigenvalue weighted by molar-refractivity contribution is 5.94. The van der Waals surface area contributed by atoms with E-state index in [2.05, 4.69) is 13.0 Å². The summed E-state index contributed by atoms with van der Waals surface area (Å²) >= 11 is 0. The van der Waals surface area contributed by atoms with E-state index in [0.29, 0.717) is 19.5 Å². The molecule has 0 saturated carbocycles. The van der Waals surface area contributed by atoms with E-state index < -0.39 is 0 Å². The summed E-state index contributed by atoms with van der Waals surface area (Å²) in [6.07, 6.45) is 0.404. The maximum absolute atomic E-state index is 11.9. The average molecular weight is 220 g/mol. The van der Waals surface area contributed by atoms with Gasteiger partial charge in [-0.25, -0.2) is 0 Å². The molecule has 0 atom stereocenters. The molecule has 0 bridgehead atoms. The van der Waals surface area contributed by atoms with Gasteiger partial charge in [-0.1, -0.05) is 17.7 Å². The Morgan fingerprint density at radius 3 is 2.56 bits per heavy atom. The third-order valence-corrected chi connectivity index (χ3v) is 2.62. The van der Waals surface area contributed by atoms with Crippen LogP contribution in [0.25, 0.3) is 0 Å². The van der Waals surface area contributed by atoms with Crippen molar-refractivity contribution in [3.63, 3.8) is 0 Å². The molecule has 0 unspecified atom stereocenters. The molecule has 1 aromatic carbocycles. The fourth-order valence-corrected chi connectivity index (χ4v) is 1.85. The molecule has 0 aromatic heterocycles. The van der Waals surface area contributed by atoms with Crippen molar-refractivity contribution in [3.8, 4) is 0 Å². The molecule has 2 N–H and O–H groups in total. The predicted octanol–water partition coefficient (Wildman–Crippen LogP) is 2.01. The minimum absolute atomic E-state index is 0.0944. The first kappa shape index (κ1) is 12.7. The number of nitrogens with zero attached hydrogens (tertiary/aromatic N) is 1. The fraction of sp³-hybridized carbons (Fsp3) is 0.462. The van der Waals surface area contributed by atoms with Crippen molar-refractivity contribution in [3.05, 3.63) is 29.3 Å². The Kier molecular flexibility index (Phi) is 4.50. The van der Waals surface area contributed by atoms with E-state index in [0.717, 1.165) is 11.3 Å². The van der Waals surface area contributed by atoms with Crippen molar-refractivity contribution in [2.24, 2.45) is 5.73 Å². The zero-order valence-corrected chi connectivity index (χ0v) is 10.3. The molecule has 1 rings (SSSR count). The van der Waals surface area contributed by atoms with E-state index in [-0.39, 0.29) is 5.91 Å². The summed E-state index contributed by atoms with van der Waals surface area (Å²) in [5.74, 6) is 0.0944. The molecule has 0 radical (unpaired) electrons. The van der Waals surface area contributed by atoms with Crippen molar-refractivity contribution in [2.75, 3.05) is 18.0 Å². The Balaban J connectivity index is 2.99. The molecule has 0 saturated heterocycles. The molecule has 0 aliphatic rings. The molecule has 0 heterocycles. The average Bonchev–Trinajstić information content (AvgIpc) is 2.22. The van der Waals surface area contributed by atoms with Crippen molar-refractivity contribution in [2.45, 2.75) is 27.2 Å². The minimum atomic E-state index is 0.0944. The Morgan fingerprint density at radius 1 is 1.38 bits per heavy atom. The summed E-state index contributed by atoms with van der Waals surface area (Å²) in [7, 11) is 0. The number of benzene rings is 1. The number of anilines is 1. The van der Waals surface area contributed by atoms with Crippen LogP contribution in [0.2, 0.25) is 0 Å². The van der Waals surface area contributed by atoms with Crippen LogP contribution in [0.5, 0.6) is 0 Å². The summed E-state index contributed by atoms with van der Waals surface area (Å²) in [6, 6.07) is 6.12. The van der Waals surface area contributed by atoms with Gasteiger partial charge < -0.3 is 10.6 Å². The van der Waals surface area contributed by atoms with Gasteiger partial charge in [-0.3, -0.25) is 4.79 Å². The maximum atomic E-state index is 11.9. The Hall–Kier alpha value is -1.35. The lowest BCUT2D eigenvalue weighted by Gasteiger charge is -2.23.